The summed E-state index contributed by atoms with van der Waals surface area (Å²) in [6.45, 7) is 4.41. The van der Waals surface area contributed by atoms with Crippen LogP contribution in [0.2, 0.25) is 0 Å². The standard InChI is InChI=1S/C9H12N2S/c1-3-7(2)8-6-11-4-5-12-9(11)10-8/h4-7H,3H2,1-2H3. The van der Waals surface area contributed by atoms with Gasteiger partial charge >= 0.3 is 0 Å². The molecule has 0 saturated carbocycles. The average Bonchev–Trinajstić information content (AvgIpc) is 2.60. The van der Waals surface area contributed by atoms with E-state index >= 15 is 0 Å². The largest absolute Gasteiger partial charge is 0.297 e. The summed E-state index contributed by atoms with van der Waals surface area (Å²) >= 11 is 1.69. The average molecular weight is 180 g/mol. The highest BCUT2D eigenvalue weighted by Gasteiger charge is 2.07. The van der Waals surface area contributed by atoms with Crippen molar-refractivity contribution >= 4 is 16.3 Å². The van der Waals surface area contributed by atoms with Gasteiger partial charge < -0.3 is 0 Å². The third-order valence-electron chi connectivity index (χ3n) is 2.23. The fourth-order valence-corrected chi connectivity index (χ4v) is 1.90. The Balaban J connectivity index is 2.44. The first-order chi connectivity index (χ1) is 5.81. The maximum absolute atomic E-state index is 4.52. The van der Waals surface area contributed by atoms with E-state index in [1.807, 2.05) is 0 Å². The Kier molecular flexibility index (Phi) is 1.89. The van der Waals surface area contributed by atoms with Crippen LogP contribution in [-0.2, 0) is 0 Å². The number of thiazole rings is 1. The predicted octanol–water partition coefficient (Wildman–Crippen LogP) is 2.91. The highest BCUT2D eigenvalue weighted by molar-refractivity contribution is 7.15. The molecule has 12 heavy (non-hydrogen) atoms. The van der Waals surface area contributed by atoms with Crippen molar-refractivity contribution in [2.45, 2.75) is 26.2 Å². The van der Waals surface area contributed by atoms with E-state index in [-0.39, 0.29) is 0 Å². The van der Waals surface area contributed by atoms with Crippen LogP contribution < -0.4 is 0 Å². The van der Waals surface area contributed by atoms with Crippen LogP contribution in [0.25, 0.3) is 4.96 Å². The van der Waals surface area contributed by atoms with E-state index in [2.05, 4.69) is 41.0 Å². The normalized spacial score (nSPS) is 13.8. The SMILES string of the molecule is CCC(C)c1cn2ccsc2n1. The monoisotopic (exact) mass is 180 g/mol. The highest BCUT2D eigenvalue weighted by atomic mass is 32.1. The lowest BCUT2D eigenvalue weighted by Gasteiger charge is -2.01. The molecule has 0 aliphatic rings. The molecule has 0 aliphatic carbocycles. The molecule has 0 aromatic carbocycles. The molecule has 1 unspecified atom stereocenters. The highest BCUT2D eigenvalue weighted by Crippen LogP contribution is 2.20. The molecule has 2 rings (SSSR count). The Morgan fingerprint density at radius 3 is 3.17 bits per heavy atom. The molecule has 0 saturated heterocycles. The number of aromatic nitrogens is 2. The number of hydrogen-bond acceptors (Lipinski definition) is 2. The zero-order valence-electron chi connectivity index (χ0n) is 7.32. The minimum atomic E-state index is 0.581. The molecule has 1 atom stereocenters. The summed E-state index contributed by atoms with van der Waals surface area (Å²) in [5.74, 6) is 0.581. The van der Waals surface area contributed by atoms with Gasteiger partial charge in [-0.2, -0.15) is 0 Å². The molecule has 2 aromatic rings. The molecule has 3 heteroatoms. The van der Waals surface area contributed by atoms with Gasteiger partial charge in [-0.3, -0.25) is 4.40 Å². The molecule has 0 radical (unpaired) electrons. The van der Waals surface area contributed by atoms with Crippen LogP contribution in [0.1, 0.15) is 31.9 Å². The Hall–Kier alpha value is -0.830. The Labute approximate surface area is 75.9 Å². The van der Waals surface area contributed by atoms with Crippen LogP contribution >= 0.6 is 11.3 Å². The molecular weight excluding hydrogens is 168 g/mol. The zero-order valence-corrected chi connectivity index (χ0v) is 8.14. The fraction of sp³-hybridized carbons (Fsp3) is 0.444. The Morgan fingerprint density at radius 2 is 2.50 bits per heavy atom. The van der Waals surface area contributed by atoms with Gasteiger partial charge in [0.05, 0.1) is 5.69 Å². The summed E-state index contributed by atoms with van der Waals surface area (Å²) in [5.41, 5.74) is 1.21. The van der Waals surface area contributed by atoms with Crippen molar-refractivity contribution in [1.29, 1.82) is 0 Å². The molecule has 0 aliphatic heterocycles. The maximum atomic E-state index is 4.52. The van der Waals surface area contributed by atoms with Gasteiger partial charge in [-0.15, -0.1) is 11.3 Å². The van der Waals surface area contributed by atoms with Gasteiger partial charge in [-0.25, -0.2) is 4.98 Å². The van der Waals surface area contributed by atoms with E-state index in [0.29, 0.717) is 5.92 Å². The van der Waals surface area contributed by atoms with Crippen molar-refractivity contribution in [3.05, 3.63) is 23.5 Å². The number of fused-ring (bicyclic) bond motifs is 1. The predicted molar refractivity (Wildman–Crippen MR) is 51.8 cm³/mol. The molecule has 0 bridgehead atoms. The molecular formula is C9H12N2S. The fourth-order valence-electron chi connectivity index (χ4n) is 1.19. The van der Waals surface area contributed by atoms with E-state index in [9.17, 15) is 0 Å². The van der Waals surface area contributed by atoms with Crippen LogP contribution in [0.3, 0.4) is 0 Å². The van der Waals surface area contributed by atoms with Crippen molar-refractivity contribution in [3.8, 4) is 0 Å². The van der Waals surface area contributed by atoms with Crippen molar-refractivity contribution in [1.82, 2.24) is 9.38 Å². The lowest BCUT2D eigenvalue weighted by molar-refractivity contribution is 0.714. The summed E-state index contributed by atoms with van der Waals surface area (Å²) in [6, 6.07) is 0. The second-order valence-corrected chi connectivity index (χ2v) is 3.94. The smallest absolute Gasteiger partial charge is 0.193 e. The van der Waals surface area contributed by atoms with E-state index < -0.39 is 0 Å². The zero-order chi connectivity index (χ0) is 8.55. The molecule has 0 amide bonds. The van der Waals surface area contributed by atoms with Crippen LogP contribution in [0.4, 0.5) is 0 Å². The van der Waals surface area contributed by atoms with E-state index in [1.54, 1.807) is 11.3 Å². The number of imidazole rings is 1. The van der Waals surface area contributed by atoms with Crippen molar-refractivity contribution in [2.24, 2.45) is 0 Å². The molecule has 0 spiro atoms. The number of hydrogen-bond donors (Lipinski definition) is 0. The first kappa shape index (κ1) is 7.80. The first-order valence-corrected chi connectivity index (χ1v) is 5.11. The Bertz CT molecular complexity index is 346. The quantitative estimate of drug-likeness (QED) is 0.694. The van der Waals surface area contributed by atoms with Crippen LogP contribution in [0.15, 0.2) is 17.8 Å². The summed E-state index contributed by atoms with van der Waals surface area (Å²) in [4.78, 5) is 5.63. The van der Waals surface area contributed by atoms with E-state index in [4.69, 9.17) is 0 Å². The van der Waals surface area contributed by atoms with Crippen LogP contribution in [-0.4, -0.2) is 9.38 Å². The molecule has 2 aromatic heterocycles. The van der Waals surface area contributed by atoms with Crippen molar-refractivity contribution in [2.75, 3.05) is 0 Å². The summed E-state index contributed by atoms with van der Waals surface area (Å²) in [5, 5.41) is 2.06. The van der Waals surface area contributed by atoms with Gasteiger partial charge in [0.1, 0.15) is 0 Å². The number of nitrogens with zero attached hydrogens (tertiary/aromatic N) is 2. The summed E-state index contributed by atoms with van der Waals surface area (Å²) in [6.07, 6.45) is 5.34. The lowest BCUT2D eigenvalue weighted by atomic mass is 10.1. The van der Waals surface area contributed by atoms with Gasteiger partial charge in [0.25, 0.3) is 0 Å². The van der Waals surface area contributed by atoms with Crippen LogP contribution in [0.5, 0.6) is 0 Å². The second kappa shape index (κ2) is 2.90. The van der Waals surface area contributed by atoms with Crippen LogP contribution in [0, 0.1) is 0 Å². The van der Waals surface area contributed by atoms with Gasteiger partial charge in [-0.1, -0.05) is 13.8 Å². The van der Waals surface area contributed by atoms with E-state index in [1.165, 1.54) is 5.69 Å². The molecule has 0 fully saturated rings. The second-order valence-electron chi connectivity index (χ2n) is 3.07. The molecule has 2 heterocycles. The minimum absolute atomic E-state index is 0.581. The van der Waals surface area contributed by atoms with Gasteiger partial charge in [-0.05, 0) is 12.3 Å². The van der Waals surface area contributed by atoms with Gasteiger partial charge in [0.2, 0.25) is 0 Å². The number of rotatable bonds is 2. The minimum Gasteiger partial charge on any atom is -0.297 e. The Morgan fingerprint density at radius 1 is 1.67 bits per heavy atom. The summed E-state index contributed by atoms with van der Waals surface area (Å²) < 4.78 is 2.09. The third-order valence-corrected chi connectivity index (χ3v) is 3.00. The topological polar surface area (TPSA) is 17.3 Å². The maximum Gasteiger partial charge on any atom is 0.193 e. The lowest BCUT2D eigenvalue weighted by Crippen LogP contribution is -1.89. The summed E-state index contributed by atoms with van der Waals surface area (Å²) in [7, 11) is 0. The molecule has 2 nitrogen and oxygen atoms in total. The van der Waals surface area contributed by atoms with Gasteiger partial charge in [0.15, 0.2) is 4.96 Å². The van der Waals surface area contributed by atoms with Crippen molar-refractivity contribution < 1.29 is 0 Å². The third kappa shape index (κ3) is 1.14. The van der Waals surface area contributed by atoms with Gasteiger partial charge in [0, 0.05) is 17.8 Å². The van der Waals surface area contributed by atoms with Crippen molar-refractivity contribution in [3.63, 3.8) is 0 Å². The first-order valence-electron chi connectivity index (χ1n) is 4.23. The molecule has 0 N–H and O–H groups in total. The van der Waals surface area contributed by atoms with E-state index in [0.717, 1.165) is 11.4 Å². The molecule has 64 valence electrons.